The Morgan fingerprint density at radius 2 is 2.00 bits per heavy atom. The topological polar surface area (TPSA) is 26.3 Å². The highest BCUT2D eigenvalue weighted by Gasteiger charge is 2.17. The van der Waals surface area contributed by atoms with Crippen molar-refractivity contribution in [1.82, 2.24) is 0 Å². The minimum atomic E-state index is 0.176. The molecule has 0 unspecified atom stereocenters. The second-order valence-corrected chi connectivity index (χ2v) is 3.96. The van der Waals surface area contributed by atoms with Crippen molar-refractivity contribution in [3.05, 3.63) is 35.9 Å². The number of carbonyl (C=O) groups excluding carboxylic acids is 1. The molecule has 2 nitrogen and oxygen atoms in total. The van der Waals surface area contributed by atoms with E-state index in [2.05, 4.69) is 0 Å². The third kappa shape index (κ3) is 2.90. The van der Waals surface area contributed by atoms with Gasteiger partial charge in [0.15, 0.2) is 5.78 Å². The van der Waals surface area contributed by atoms with Gasteiger partial charge in [-0.25, -0.2) is 0 Å². The van der Waals surface area contributed by atoms with Crippen molar-refractivity contribution in [2.45, 2.75) is 31.8 Å². The molecule has 0 saturated heterocycles. The van der Waals surface area contributed by atoms with Crippen LogP contribution in [0.5, 0.6) is 0 Å². The summed E-state index contributed by atoms with van der Waals surface area (Å²) in [4.78, 5) is 11.7. The van der Waals surface area contributed by atoms with Crippen molar-refractivity contribution < 1.29 is 9.53 Å². The standard InChI is InChI=1S/C13H16O2/c14-13(11-5-2-1-3-6-11)9-10-15-12-7-4-8-12/h1-3,5-6,12H,4,7-10H2. The van der Waals surface area contributed by atoms with Gasteiger partial charge < -0.3 is 4.74 Å². The Morgan fingerprint density at radius 3 is 2.60 bits per heavy atom. The second-order valence-electron chi connectivity index (χ2n) is 3.96. The van der Waals surface area contributed by atoms with Crippen LogP contribution in [0.3, 0.4) is 0 Å². The maximum absolute atomic E-state index is 11.7. The highest BCUT2D eigenvalue weighted by atomic mass is 16.5. The Labute approximate surface area is 90.3 Å². The molecule has 2 rings (SSSR count). The molecule has 0 spiro atoms. The molecule has 0 radical (unpaired) electrons. The van der Waals surface area contributed by atoms with E-state index in [1.807, 2.05) is 30.3 Å². The van der Waals surface area contributed by atoms with Crippen molar-refractivity contribution in [1.29, 1.82) is 0 Å². The smallest absolute Gasteiger partial charge is 0.165 e. The lowest BCUT2D eigenvalue weighted by molar-refractivity contribution is 0.00265. The number of Topliss-reactive ketones (excluding diaryl/α,β-unsaturated/α-hetero) is 1. The lowest BCUT2D eigenvalue weighted by Gasteiger charge is -2.25. The first kappa shape index (κ1) is 10.4. The van der Waals surface area contributed by atoms with Gasteiger partial charge in [0, 0.05) is 12.0 Å². The quantitative estimate of drug-likeness (QED) is 0.689. The molecular weight excluding hydrogens is 188 g/mol. The van der Waals surface area contributed by atoms with Gasteiger partial charge in [0.1, 0.15) is 0 Å². The fourth-order valence-electron chi connectivity index (χ4n) is 1.62. The van der Waals surface area contributed by atoms with Crippen LogP contribution in [-0.4, -0.2) is 18.5 Å². The zero-order chi connectivity index (χ0) is 10.5. The summed E-state index contributed by atoms with van der Waals surface area (Å²) in [7, 11) is 0. The summed E-state index contributed by atoms with van der Waals surface area (Å²) in [5, 5.41) is 0. The van der Waals surface area contributed by atoms with Crippen LogP contribution in [0.25, 0.3) is 0 Å². The lowest BCUT2D eigenvalue weighted by Crippen LogP contribution is -2.22. The van der Waals surface area contributed by atoms with Gasteiger partial charge in [-0.15, -0.1) is 0 Å². The van der Waals surface area contributed by atoms with Crippen LogP contribution in [0.2, 0.25) is 0 Å². The Morgan fingerprint density at radius 1 is 1.27 bits per heavy atom. The lowest BCUT2D eigenvalue weighted by atomic mass is 9.96. The monoisotopic (exact) mass is 204 g/mol. The number of rotatable bonds is 5. The third-order valence-corrected chi connectivity index (χ3v) is 2.83. The number of benzene rings is 1. The first-order valence-corrected chi connectivity index (χ1v) is 5.56. The van der Waals surface area contributed by atoms with E-state index in [-0.39, 0.29) is 5.78 Å². The molecule has 0 bridgehead atoms. The van der Waals surface area contributed by atoms with Crippen LogP contribution in [-0.2, 0) is 4.74 Å². The normalized spacial score (nSPS) is 16.0. The Balaban J connectivity index is 1.72. The molecule has 0 N–H and O–H groups in total. The Hall–Kier alpha value is -1.15. The van der Waals surface area contributed by atoms with Crippen molar-refractivity contribution in [2.24, 2.45) is 0 Å². The zero-order valence-electron chi connectivity index (χ0n) is 8.82. The molecule has 0 aromatic heterocycles. The van der Waals surface area contributed by atoms with Gasteiger partial charge in [0.25, 0.3) is 0 Å². The van der Waals surface area contributed by atoms with Gasteiger partial charge in [-0.05, 0) is 19.3 Å². The molecule has 0 heterocycles. The van der Waals surface area contributed by atoms with Crippen LogP contribution in [0.4, 0.5) is 0 Å². The molecule has 0 atom stereocenters. The van der Waals surface area contributed by atoms with Gasteiger partial charge in [-0.3, -0.25) is 4.79 Å². The number of carbonyl (C=O) groups is 1. The first-order chi connectivity index (χ1) is 7.36. The summed E-state index contributed by atoms with van der Waals surface area (Å²) < 4.78 is 5.55. The van der Waals surface area contributed by atoms with E-state index in [0.29, 0.717) is 19.1 Å². The van der Waals surface area contributed by atoms with Crippen LogP contribution in [0.15, 0.2) is 30.3 Å². The molecule has 0 amide bonds. The van der Waals surface area contributed by atoms with Crippen molar-refractivity contribution in [2.75, 3.05) is 6.61 Å². The first-order valence-electron chi connectivity index (χ1n) is 5.56. The molecule has 2 heteroatoms. The fourth-order valence-corrected chi connectivity index (χ4v) is 1.62. The molecule has 15 heavy (non-hydrogen) atoms. The summed E-state index contributed by atoms with van der Waals surface area (Å²) in [6.07, 6.45) is 4.53. The summed E-state index contributed by atoms with van der Waals surface area (Å²) in [6, 6.07) is 9.40. The third-order valence-electron chi connectivity index (χ3n) is 2.83. The number of hydrogen-bond acceptors (Lipinski definition) is 2. The molecule has 1 aliphatic carbocycles. The van der Waals surface area contributed by atoms with Crippen molar-refractivity contribution in [3.63, 3.8) is 0 Å². The maximum atomic E-state index is 11.7. The summed E-state index contributed by atoms with van der Waals surface area (Å²) >= 11 is 0. The molecule has 1 fully saturated rings. The van der Waals surface area contributed by atoms with E-state index in [9.17, 15) is 4.79 Å². The van der Waals surface area contributed by atoms with Gasteiger partial charge in [0.2, 0.25) is 0 Å². The maximum Gasteiger partial charge on any atom is 0.165 e. The zero-order valence-corrected chi connectivity index (χ0v) is 8.82. The summed E-state index contributed by atoms with van der Waals surface area (Å²) in [5.41, 5.74) is 0.787. The predicted molar refractivity (Wildman–Crippen MR) is 59.0 cm³/mol. The van der Waals surface area contributed by atoms with E-state index in [0.717, 1.165) is 5.56 Å². The molecule has 1 saturated carbocycles. The number of ether oxygens (including phenoxy) is 1. The average molecular weight is 204 g/mol. The molecule has 1 aliphatic rings. The van der Waals surface area contributed by atoms with Crippen LogP contribution in [0, 0.1) is 0 Å². The second kappa shape index (κ2) is 5.08. The SMILES string of the molecule is O=C(CCOC1CCC1)c1ccccc1. The summed E-state index contributed by atoms with van der Waals surface area (Å²) in [6.45, 7) is 0.568. The Kier molecular flexibility index (Phi) is 3.51. The molecule has 1 aromatic carbocycles. The van der Waals surface area contributed by atoms with Crippen molar-refractivity contribution >= 4 is 5.78 Å². The Bertz CT molecular complexity index is 315. The minimum absolute atomic E-state index is 0.176. The molecule has 80 valence electrons. The molecule has 1 aromatic rings. The van der Waals surface area contributed by atoms with E-state index < -0.39 is 0 Å². The van der Waals surface area contributed by atoms with Crippen LogP contribution < -0.4 is 0 Å². The molecule has 0 aliphatic heterocycles. The van der Waals surface area contributed by atoms with Crippen LogP contribution in [0.1, 0.15) is 36.0 Å². The number of ketones is 1. The molecular formula is C13H16O2. The van der Waals surface area contributed by atoms with Gasteiger partial charge in [-0.1, -0.05) is 30.3 Å². The van der Waals surface area contributed by atoms with E-state index >= 15 is 0 Å². The highest BCUT2D eigenvalue weighted by molar-refractivity contribution is 5.96. The van der Waals surface area contributed by atoms with Crippen LogP contribution >= 0.6 is 0 Å². The average Bonchev–Trinajstić information content (AvgIpc) is 2.23. The summed E-state index contributed by atoms with van der Waals surface area (Å²) in [5.74, 6) is 0.176. The van der Waals surface area contributed by atoms with Gasteiger partial charge >= 0.3 is 0 Å². The number of hydrogen-bond donors (Lipinski definition) is 0. The van der Waals surface area contributed by atoms with Gasteiger partial charge in [0.05, 0.1) is 12.7 Å². The predicted octanol–water partition coefficient (Wildman–Crippen LogP) is 2.83. The largest absolute Gasteiger partial charge is 0.378 e. The highest BCUT2D eigenvalue weighted by Crippen LogP contribution is 2.21. The van der Waals surface area contributed by atoms with E-state index in [1.54, 1.807) is 0 Å². The van der Waals surface area contributed by atoms with E-state index in [4.69, 9.17) is 4.74 Å². The minimum Gasteiger partial charge on any atom is -0.378 e. The van der Waals surface area contributed by atoms with Gasteiger partial charge in [-0.2, -0.15) is 0 Å². The van der Waals surface area contributed by atoms with E-state index in [1.165, 1.54) is 19.3 Å². The fraction of sp³-hybridized carbons (Fsp3) is 0.462. The van der Waals surface area contributed by atoms with Crippen molar-refractivity contribution in [3.8, 4) is 0 Å².